The van der Waals surface area contributed by atoms with Crippen LogP contribution in [0.15, 0.2) is 18.3 Å². The van der Waals surface area contributed by atoms with Crippen LogP contribution in [0.5, 0.6) is 5.88 Å². The number of pyridine rings is 1. The first-order chi connectivity index (χ1) is 10.4. The lowest BCUT2D eigenvalue weighted by Crippen LogP contribution is -2.57. The van der Waals surface area contributed by atoms with Crippen LogP contribution in [0.2, 0.25) is 0 Å². The Morgan fingerprint density at radius 2 is 1.95 bits per heavy atom. The Kier molecular flexibility index (Phi) is 3.97. The number of hydrogen-bond donors (Lipinski definition) is 0. The van der Waals surface area contributed by atoms with Gasteiger partial charge >= 0.3 is 6.18 Å². The first kappa shape index (κ1) is 15.1. The van der Waals surface area contributed by atoms with Crippen molar-refractivity contribution in [2.75, 3.05) is 13.1 Å². The minimum absolute atomic E-state index is 0.0848. The molecule has 4 nitrogen and oxygen atoms in total. The largest absolute Gasteiger partial charge is 0.470 e. The summed E-state index contributed by atoms with van der Waals surface area (Å²) in [5.74, 6) is -0.219. The number of halogens is 3. The van der Waals surface area contributed by atoms with Crippen molar-refractivity contribution >= 4 is 5.91 Å². The molecule has 0 bridgehead atoms. The van der Waals surface area contributed by atoms with Crippen molar-refractivity contribution < 1.29 is 22.7 Å². The van der Waals surface area contributed by atoms with E-state index in [4.69, 9.17) is 4.74 Å². The Labute approximate surface area is 126 Å². The Morgan fingerprint density at radius 3 is 2.59 bits per heavy atom. The minimum atomic E-state index is -4.49. The summed E-state index contributed by atoms with van der Waals surface area (Å²) < 4.78 is 43.9. The summed E-state index contributed by atoms with van der Waals surface area (Å²) in [4.78, 5) is 17.5. The Balaban J connectivity index is 1.57. The van der Waals surface area contributed by atoms with Gasteiger partial charge in [-0.15, -0.1) is 0 Å². The average molecular weight is 314 g/mol. The molecule has 1 amide bonds. The molecule has 0 unspecified atom stereocenters. The number of carbonyl (C=O) groups is 1. The van der Waals surface area contributed by atoms with Gasteiger partial charge in [0.05, 0.1) is 13.1 Å². The monoisotopic (exact) mass is 314 g/mol. The molecule has 2 aliphatic rings. The van der Waals surface area contributed by atoms with E-state index < -0.39 is 23.7 Å². The second-order valence-corrected chi connectivity index (χ2v) is 5.82. The van der Waals surface area contributed by atoms with E-state index in [0.29, 0.717) is 13.1 Å². The number of nitrogens with zero attached hydrogens (tertiary/aromatic N) is 2. The fraction of sp³-hybridized carbons (Fsp3) is 0.600. The topological polar surface area (TPSA) is 42.4 Å². The number of amides is 1. The summed E-state index contributed by atoms with van der Waals surface area (Å²) in [6.07, 6.45) is 0.345. The van der Waals surface area contributed by atoms with E-state index in [1.807, 2.05) is 0 Å². The van der Waals surface area contributed by atoms with Crippen molar-refractivity contribution in [3.05, 3.63) is 23.9 Å². The van der Waals surface area contributed by atoms with Crippen LogP contribution in [0.1, 0.15) is 31.2 Å². The van der Waals surface area contributed by atoms with Gasteiger partial charge in [-0.1, -0.05) is 12.8 Å². The van der Waals surface area contributed by atoms with Crippen molar-refractivity contribution in [1.82, 2.24) is 9.88 Å². The van der Waals surface area contributed by atoms with Crippen LogP contribution >= 0.6 is 0 Å². The maximum Gasteiger partial charge on any atom is 0.421 e. The van der Waals surface area contributed by atoms with Gasteiger partial charge in [0.15, 0.2) is 0 Å². The van der Waals surface area contributed by atoms with E-state index >= 15 is 0 Å². The predicted molar refractivity (Wildman–Crippen MR) is 72.2 cm³/mol. The normalized spacial score (nSPS) is 20.0. The standard InChI is InChI=1S/C15H17F3N2O2/c16-15(17,18)12-6-3-7-19-13(12)22-11-8-20(9-11)14(21)10-4-1-2-5-10/h3,6-7,10-11H,1-2,4-5,8-9H2. The first-order valence-electron chi connectivity index (χ1n) is 7.43. The third-order valence-electron chi connectivity index (χ3n) is 4.22. The quantitative estimate of drug-likeness (QED) is 0.861. The molecule has 2 fully saturated rings. The Hall–Kier alpha value is -1.79. The molecule has 0 radical (unpaired) electrons. The van der Waals surface area contributed by atoms with E-state index in [1.54, 1.807) is 4.90 Å². The molecule has 0 aromatic carbocycles. The number of rotatable bonds is 3. The third kappa shape index (κ3) is 3.03. The molecule has 0 atom stereocenters. The number of alkyl halides is 3. The molecule has 1 aromatic heterocycles. The third-order valence-corrected chi connectivity index (χ3v) is 4.22. The maximum atomic E-state index is 12.8. The summed E-state index contributed by atoms with van der Waals surface area (Å²) in [5.41, 5.74) is -0.879. The number of likely N-dealkylation sites (tertiary alicyclic amines) is 1. The van der Waals surface area contributed by atoms with Gasteiger partial charge in [-0.25, -0.2) is 4.98 Å². The zero-order valence-corrected chi connectivity index (χ0v) is 12.0. The van der Waals surface area contributed by atoms with Gasteiger partial charge < -0.3 is 9.64 Å². The van der Waals surface area contributed by atoms with Gasteiger partial charge in [0.1, 0.15) is 11.7 Å². The molecule has 0 N–H and O–H groups in total. The molecule has 1 saturated heterocycles. The Bertz CT molecular complexity index is 550. The second kappa shape index (κ2) is 5.78. The molecule has 120 valence electrons. The summed E-state index contributed by atoms with van der Waals surface area (Å²) in [7, 11) is 0. The predicted octanol–water partition coefficient (Wildman–Crippen LogP) is 2.88. The second-order valence-electron chi connectivity index (χ2n) is 5.82. The van der Waals surface area contributed by atoms with Crippen LogP contribution in [0, 0.1) is 5.92 Å². The van der Waals surface area contributed by atoms with E-state index in [9.17, 15) is 18.0 Å². The average Bonchev–Trinajstić information content (AvgIpc) is 2.95. The van der Waals surface area contributed by atoms with Crippen LogP contribution in [-0.2, 0) is 11.0 Å². The molecule has 1 saturated carbocycles. The lowest BCUT2D eigenvalue weighted by atomic mass is 10.0. The molecule has 1 aromatic rings. The Morgan fingerprint density at radius 1 is 1.27 bits per heavy atom. The van der Waals surface area contributed by atoms with Gasteiger partial charge in [0, 0.05) is 12.1 Å². The highest BCUT2D eigenvalue weighted by Gasteiger charge is 2.39. The fourth-order valence-corrected chi connectivity index (χ4v) is 2.98. The first-order valence-corrected chi connectivity index (χ1v) is 7.43. The van der Waals surface area contributed by atoms with Crippen LogP contribution in [-0.4, -0.2) is 35.0 Å². The lowest BCUT2D eigenvalue weighted by Gasteiger charge is -2.40. The van der Waals surface area contributed by atoms with Crippen molar-refractivity contribution in [1.29, 1.82) is 0 Å². The van der Waals surface area contributed by atoms with Crippen LogP contribution in [0.25, 0.3) is 0 Å². The number of hydrogen-bond acceptors (Lipinski definition) is 3. The van der Waals surface area contributed by atoms with Gasteiger partial charge in [-0.3, -0.25) is 4.79 Å². The summed E-state index contributed by atoms with van der Waals surface area (Å²) in [6.45, 7) is 0.673. The molecular formula is C15H17F3N2O2. The number of ether oxygens (including phenoxy) is 1. The molecule has 0 spiro atoms. The fourth-order valence-electron chi connectivity index (χ4n) is 2.98. The van der Waals surface area contributed by atoms with Crippen molar-refractivity contribution in [3.8, 4) is 5.88 Å². The summed E-state index contributed by atoms with van der Waals surface area (Å²) in [5, 5.41) is 0. The highest BCUT2D eigenvalue weighted by Crippen LogP contribution is 2.36. The summed E-state index contributed by atoms with van der Waals surface area (Å²) >= 11 is 0. The molecule has 1 aliphatic carbocycles. The van der Waals surface area contributed by atoms with Gasteiger partial charge in [0.2, 0.25) is 11.8 Å². The molecule has 3 rings (SSSR count). The van der Waals surface area contributed by atoms with Gasteiger partial charge in [0.25, 0.3) is 0 Å². The smallest absolute Gasteiger partial charge is 0.421 e. The van der Waals surface area contributed by atoms with Crippen LogP contribution in [0.4, 0.5) is 13.2 Å². The maximum absolute atomic E-state index is 12.8. The lowest BCUT2D eigenvalue weighted by molar-refractivity contribution is -0.147. The van der Waals surface area contributed by atoms with Crippen LogP contribution in [0.3, 0.4) is 0 Å². The molecule has 22 heavy (non-hydrogen) atoms. The zero-order valence-electron chi connectivity index (χ0n) is 12.0. The minimum Gasteiger partial charge on any atom is -0.470 e. The molecule has 7 heteroatoms. The van der Waals surface area contributed by atoms with Gasteiger partial charge in [-0.05, 0) is 25.0 Å². The molecule has 1 aliphatic heterocycles. The number of carbonyl (C=O) groups excluding carboxylic acids is 1. The van der Waals surface area contributed by atoms with Crippen LogP contribution < -0.4 is 4.74 Å². The van der Waals surface area contributed by atoms with Crippen molar-refractivity contribution in [2.24, 2.45) is 5.92 Å². The van der Waals surface area contributed by atoms with Gasteiger partial charge in [-0.2, -0.15) is 13.2 Å². The van der Waals surface area contributed by atoms with E-state index in [-0.39, 0.29) is 11.8 Å². The highest BCUT2D eigenvalue weighted by molar-refractivity contribution is 5.80. The SMILES string of the molecule is O=C(C1CCCC1)N1CC(Oc2ncccc2C(F)(F)F)C1. The van der Waals surface area contributed by atoms with E-state index in [2.05, 4.69) is 4.98 Å². The zero-order chi connectivity index (χ0) is 15.7. The molecular weight excluding hydrogens is 297 g/mol. The van der Waals surface area contributed by atoms with Crippen molar-refractivity contribution in [3.63, 3.8) is 0 Å². The van der Waals surface area contributed by atoms with Crippen molar-refractivity contribution in [2.45, 2.75) is 38.0 Å². The van der Waals surface area contributed by atoms with E-state index in [0.717, 1.165) is 31.7 Å². The number of aromatic nitrogens is 1. The van der Waals surface area contributed by atoms with E-state index in [1.165, 1.54) is 12.3 Å². The highest BCUT2D eigenvalue weighted by atomic mass is 19.4. The summed E-state index contributed by atoms with van der Waals surface area (Å²) in [6, 6.07) is 2.18. The molecule has 2 heterocycles.